The number of aromatic amines is 1. The molecule has 1 atom stereocenters. The van der Waals surface area contributed by atoms with Crippen LogP contribution in [0, 0.1) is 0 Å². The Bertz CT molecular complexity index is 1940. The second-order valence-corrected chi connectivity index (χ2v) is 11.6. The molecule has 19 heteroatoms. The Morgan fingerprint density at radius 3 is 2.15 bits per heavy atom. The van der Waals surface area contributed by atoms with Crippen molar-refractivity contribution in [1.29, 1.82) is 0 Å². The molecule has 0 aliphatic rings. The Balaban J connectivity index is 1.04. The lowest BCUT2D eigenvalue weighted by molar-refractivity contribution is -0.139. The first-order valence-electron chi connectivity index (χ1n) is 17.0. The molecule has 0 fully saturated rings. The molecule has 0 aliphatic carbocycles. The third-order valence-electron chi connectivity index (χ3n) is 7.55. The molecule has 4 rings (SSSR count). The fourth-order valence-electron chi connectivity index (χ4n) is 4.76. The topological polar surface area (TPSA) is 282 Å². The highest BCUT2D eigenvalue weighted by Gasteiger charge is 2.22. The number of nitrogens with zero attached hydrogens (tertiary/aromatic N) is 3. The van der Waals surface area contributed by atoms with Crippen molar-refractivity contribution in [3.63, 3.8) is 0 Å². The predicted molar refractivity (Wildman–Crippen MR) is 195 cm³/mol. The molecule has 2 aromatic carbocycles. The number of benzene rings is 2. The number of aromatic nitrogens is 4. The van der Waals surface area contributed by atoms with Crippen LogP contribution in [0.5, 0.6) is 0 Å². The average Bonchev–Trinajstić information content (AvgIpc) is 3.17. The summed E-state index contributed by atoms with van der Waals surface area (Å²) in [5.74, 6) is -2.88. The standard InChI is InChI=1S/C35H42N10O9/c36-35-44-30-29(33(50)45-35)42-25(21-41-30)20-40-24-8-6-23(7-9-24)32(49)43-26(34(51)52)10-11-27(46)37-13-14-38-28(47)12-16-53-18-19-54-17-15-39-31(48)22-4-2-1-3-5-22/h1-9,21,26,40H,10-20H2,(H,37,46)(H,38,47)(H,39,48)(H,43,49)(H,51,52)(H3,36,41,44,45,50). The molecule has 2 heterocycles. The second kappa shape index (κ2) is 21.2. The van der Waals surface area contributed by atoms with E-state index in [0.29, 0.717) is 36.7 Å². The second-order valence-electron chi connectivity index (χ2n) is 11.6. The number of carbonyl (C=O) groups is 5. The summed E-state index contributed by atoms with van der Waals surface area (Å²) < 4.78 is 10.8. The molecule has 2 aromatic heterocycles. The van der Waals surface area contributed by atoms with Gasteiger partial charge in [-0.15, -0.1) is 0 Å². The molecule has 19 nitrogen and oxygen atoms in total. The van der Waals surface area contributed by atoms with Crippen LogP contribution in [0.4, 0.5) is 11.6 Å². The highest BCUT2D eigenvalue weighted by molar-refractivity contribution is 5.97. The smallest absolute Gasteiger partial charge is 0.326 e. The monoisotopic (exact) mass is 746 g/mol. The minimum Gasteiger partial charge on any atom is -0.480 e. The molecule has 4 aromatic rings. The number of carboxylic acids is 1. The lowest BCUT2D eigenvalue weighted by Crippen LogP contribution is -2.42. The van der Waals surface area contributed by atoms with E-state index in [4.69, 9.17) is 15.2 Å². The Morgan fingerprint density at radius 2 is 1.44 bits per heavy atom. The number of nitrogens with one attached hydrogen (secondary N) is 6. The summed E-state index contributed by atoms with van der Waals surface area (Å²) in [6.07, 6.45) is 1.24. The summed E-state index contributed by atoms with van der Waals surface area (Å²) in [6, 6.07) is 13.8. The number of anilines is 2. The van der Waals surface area contributed by atoms with Gasteiger partial charge in [-0.1, -0.05) is 18.2 Å². The van der Waals surface area contributed by atoms with Crippen LogP contribution in [0.3, 0.4) is 0 Å². The molecule has 9 N–H and O–H groups in total. The predicted octanol–water partition coefficient (Wildman–Crippen LogP) is -0.0437. The molecule has 54 heavy (non-hydrogen) atoms. The van der Waals surface area contributed by atoms with Crippen LogP contribution in [0.2, 0.25) is 0 Å². The molecule has 0 saturated heterocycles. The van der Waals surface area contributed by atoms with E-state index in [9.17, 15) is 33.9 Å². The van der Waals surface area contributed by atoms with E-state index < -0.39 is 29.4 Å². The van der Waals surface area contributed by atoms with Gasteiger partial charge in [-0.3, -0.25) is 29.0 Å². The third kappa shape index (κ3) is 13.6. The normalized spacial score (nSPS) is 11.3. The van der Waals surface area contributed by atoms with Crippen LogP contribution in [-0.2, 0) is 30.4 Å². The minimum absolute atomic E-state index is 0.0447. The summed E-state index contributed by atoms with van der Waals surface area (Å²) in [5.41, 5.74) is 7.03. The van der Waals surface area contributed by atoms with Crippen molar-refractivity contribution in [2.75, 3.05) is 57.1 Å². The van der Waals surface area contributed by atoms with Crippen LogP contribution in [0.1, 0.15) is 45.7 Å². The van der Waals surface area contributed by atoms with Crippen molar-refractivity contribution >= 4 is 52.4 Å². The SMILES string of the molecule is Nc1nc2ncc(CNc3ccc(C(=O)NC(CCC(=O)NCCNC(=O)CCOCCOCCNC(=O)c4ccccc4)C(=O)O)cc3)nc2c(=O)[nH]1. The number of ether oxygens (including phenoxy) is 2. The molecule has 0 spiro atoms. The van der Waals surface area contributed by atoms with E-state index in [0.717, 1.165) is 0 Å². The number of carboxylic acid groups (broad SMARTS) is 1. The van der Waals surface area contributed by atoms with Crippen LogP contribution in [0.25, 0.3) is 11.2 Å². The van der Waals surface area contributed by atoms with Gasteiger partial charge in [-0.25, -0.2) is 14.8 Å². The zero-order valence-electron chi connectivity index (χ0n) is 29.3. The van der Waals surface area contributed by atoms with Crippen molar-refractivity contribution in [2.24, 2.45) is 0 Å². The number of hydrogen-bond acceptors (Lipinski definition) is 13. The number of aliphatic carboxylic acids is 1. The molecule has 0 bridgehead atoms. The first kappa shape index (κ1) is 40.3. The zero-order valence-corrected chi connectivity index (χ0v) is 29.3. The molecule has 0 aliphatic heterocycles. The first-order valence-corrected chi connectivity index (χ1v) is 17.0. The van der Waals surface area contributed by atoms with Crippen LogP contribution in [-0.4, -0.2) is 107 Å². The van der Waals surface area contributed by atoms with Gasteiger partial charge in [0, 0.05) is 49.3 Å². The van der Waals surface area contributed by atoms with E-state index >= 15 is 0 Å². The number of amides is 4. The Hall–Kier alpha value is -6.47. The van der Waals surface area contributed by atoms with Gasteiger partial charge < -0.3 is 46.9 Å². The highest BCUT2D eigenvalue weighted by Crippen LogP contribution is 2.12. The molecule has 1 unspecified atom stereocenters. The summed E-state index contributed by atoms with van der Waals surface area (Å²) in [6.45, 7) is 1.94. The average molecular weight is 747 g/mol. The van der Waals surface area contributed by atoms with Gasteiger partial charge in [0.05, 0.1) is 44.9 Å². The van der Waals surface area contributed by atoms with Gasteiger partial charge in [0.25, 0.3) is 17.4 Å². The molecule has 286 valence electrons. The Kier molecular flexibility index (Phi) is 15.8. The zero-order chi connectivity index (χ0) is 38.7. The lowest BCUT2D eigenvalue weighted by atomic mass is 10.1. The fraction of sp³-hybridized carbons (Fsp3) is 0.343. The third-order valence-corrected chi connectivity index (χ3v) is 7.55. The van der Waals surface area contributed by atoms with Gasteiger partial charge in [0.1, 0.15) is 6.04 Å². The Labute approximate surface area is 308 Å². The molecular weight excluding hydrogens is 704 g/mol. The first-order chi connectivity index (χ1) is 26.1. The maximum absolute atomic E-state index is 12.7. The largest absolute Gasteiger partial charge is 0.480 e. The van der Waals surface area contributed by atoms with Crippen LogP contribution < -0.4 is 37.9 Å². The number of hydrogen-bond donors (Lipinski definition) is 8. The summed E-state index contributed by atoms with van der Waals surface area (Å²) in [7, 11) is 0. The van der Waals surface area contributed by atoms with Crippen LogP contribution >= 0.6 is 0 Å². The van der Waals surface area contributed by atoms with Gasteiger partial charge in [-0.2, -0.15) is 4.98 Å². The highest BCUT2D eigenvalue weighted by atomic mass is 16.5. The van der Waals surface area contributed by atoms with E-state index in [-0.39, 0.29) is 86.6 Å². The molecule has 0 radical (unpaired) electrons. The van der Waals surface area contributed by atoms with E-state index in [1.54, 1.807) is 36.4 Å². The van der Waals surface area contributed by atoms with Gasteiger partial charge in [0.15, 0.2) is 11.2 Å². The van der Waals surface area contributed by atoms with E-state index in [1.807, 2.05) is 6.07 Å². The quantitative estimate of drug-likeness (QED) is 0.0490. The number of rotatable bonds is 22. The number of carbonyl (C=O) groups excluding carboxylic acids is 4. The maximum Gasteiger partial charge on any atom is 0.326 e. The minimum atomic E-state index is -1.31. The summed E-state index contributed by atoms with van der Waals surface area (Å²) in [4.78, 5) is 87.5. The lowest BCUT2D eigenvalue weighted by Gasteiger charge is -2.15. The summed E-state index contributed by atoms with van der Waals surface area (Å²) >= 11 is 0. The van der Waals surface area contributed by atoms with Crippen molar-refractivity contribution in [3.8, 4) is 0 Å². The molecule has 0 saturated carbocycles. The van der Waals surface area contributed by atoms with E-state index in [2.05, 4.69) is 46.5 Å². The van der Waals surface area contributed by atoms with Crippen LogP contribution in [0.15, 0.2) is 65.6 Å². The number of nitrogen functional groups attached to an aromatic ring is 1. The van der Waals surface area contributed by atoms with Crippen molar-refractivity contribution in [3.05, 3.63) is 88.0 Å². The number of H-pyrrole nitrogens is 1. The van der Waals surface area contributed by atoms with Crippen molar-refractivity contribution in [2.45, 2.75) is 31.8 Å². The maximum atomic E-state index is 12.7. The van der Waals surface area contributed by atoms with Gasteiger partial charge in [-0.05, 0) is 42.8 Å². The summed E-state index contributed by atoms with van der Waals surface area (Å²) in [5, 5.41) is 23.1. The molecular formula is C35H42N10O9. The number of fused-ring (bicyclic) bond motifs is 1. The van der Waals surface area contributed by atoms with Crippen molar-refractivity contribution in [1.82, 2.24) is 41.2 Å². The Morgan fingerprint density at radius 1 is 0.778 bits per heavy atom. The van der Waals surface area contributed by atoms with Crippen molar-refractivity contribution < 1.29 is 38.6 Å². The van der Waals surface area contributed by atoms with Gasteiger partial charge in [0.2, 0.25) is 17.8 Å². The fourth-order valence-corrected chi connectivity index (χ4v) is 4.76. The van der Waals surface area contributed by atoms with E-state index in [1.165, 1.54) is 18.3 Å². The van der Waals surface area contributed by atoms with Gasteiger partial charge >= 0.3 is 5.97 Å². The molecule has 4 amide bonds. The number of nitrogens with two attached hydrogens (primary N) is 1.